The Morgan fingerprint density at radius 2 is 1.85 bits per heavy atom. The lowest BCUT2D eigenvalue weighted by atomic mass is 10.1. The highest BCUT2D eigenvalue weighted by molar-refractivity contribution is 5.94. The van der Waals surface area contributed by atoms with Crippen LogP contribution in [-0.2, 0) is 4.79 Å². The van der Waals surface area contributed by atoms with Crippen LogP contribution in [0.4, 0.5) is 13.2 Å². The molecule has 0 aliphatic heterocycles. The van der Waals surface area contributed by atoms with Crippen molar-refractivity contribution in [1.82, 2.24) is 0 Å². The Balaban J connectivity index is 4.85. The quantitative estimate of drug-likeness (QED) is 0.528. The number of alkyl halides is 3. The van der Waals surface area contributed by atoms with E-state index in [0.717, 1.165) is 13.0 Å². The van der Waals surface area contributed by atoms with Gasteiger partial charge in [-0.3, -0.25) is 4.79 Å². The van der Waals surface area contributed by atoms with Crippen molar-refractivity contribution in [2.24, 2.45) is 5.73 Å². The molecule has 0 aromatic carbocycles. The van der Waals surface area contributed by atoms with Gasteiger partial charge in [-0.25, -0.2) is 0 Å². The Kier molecular flexibility index (Phi) is 3.71. The summed E-state index contributed by atoms with van der Waals surface area (Å²) in [5.74, 6) is -0.869. The monoisotopic (exact) mass is 193 g/mol. The number of amides is 1. The van der Waals surface area contributed by atoms with Gasteiger partial charge in [0.25, 0.3) is 0 Å². The van der Waals surface area contributed by atoms with Crippen LogP contribution in [0.2, 0.25) is 0 Å². The molecule has 0 unspecified atom stereocenters. The number of allylic oxidation sites excluding steroid dienone is 2. The third kappa shape index (κ3) is 3.78. The topological polar surface area (TPSA) is 43.1 Å². The number of hydrogen-bond donors (Lipinski definition) is 1. The van der Waals surface area contributed by atoms with Gasteiger partial charge >= 0.3 is 6.18 Å². The maximum absolute atomic E-state index is 12.0. The molecule has 0 fully saturated rings. The molecule has 0 aromatic rings. The third-order valence-electron chi connectivity index (χ3n) is 1.41. The van der Waals surface area contributed by atoms with Crippen LogP contribution in [0.15, 0.2) is 23.3 Å². The van der Waals surface area contributed by atoms with Gasteiger partial charge in [0.1, 0.15) is 0 Å². The van der Waals surface area contributed by atoms with Crippen LogP contribution in [0.3, 0.4) is 0 Å². The van der Waals surface area contributed by atoms with Crippen LogP contribution in [0.1, 0.15) is 13.8 Å². The molecule has 2 nitrogen and oxygen atoms in total. The van der Waals surface area contributed by atoms with Gasteiger partial charge < -0.3 is 5.73 Å². The van der Waals surface area contributed by atoms with Gasteiger partial charge in [0.2, 0.25) is 5.91 Å². The zero-order valence-corrected chi connectivity index (χ0v) is 7.27. The lowest BCUT2D eigenvalue weighted by Crippen LogP contribution is -2.15. The summed E-state index contributed by atoms with van der Waals surface area (Å²) in [6, 6.07) is 0. The van der Waals surface area contributed by atoms with Crippen LogP contribution >= 0.6 is 0 Å². The first-order valence-electron chi connectivity index (χ1n) is 3.50. The van der Waals surface area contributed by atoms with E-state index in [1.165, 1.54) is 13.0 Å². The average Bonchev–Trinajstić information content (AvgIpc) is 1.96. The predicted molar refractivity (Wildman–Crippen MR) is 42.8 cm³/mol. The second kappa shape index (κ2) is 4.11. The fourth-order valence-corrected chi connectivity index (χ4v) is 0.612. The summed E-state index contributed by atoms with van der Waals surface area (Å²) in [5.41, 5.74) is 3.83. The highest BCUT2D eigenvalue weighted by Crippen LogP contribution is 2.25. The number of nitrogens with two attached hydrogens (primary N) is 1. The standard InChI is InChI=1S/C8H10F3NO/c1-3-6(7(12)13)4-5(2)8(9,10)11/h3-4H,1-2H3,(H2,12,13)/b5-4+,6-3+. The Morgan fingerprint density at radius 3 is 2.08 bits per heavy atom. The van der Waals surface area contributed by atoms with E-state index in [-0.39, 0.29) is 5.57 Å². The average molecular weight is 193 g/mol. The van der Waals surface area contributed by atoms with E-state index in [9.17, 15) is 18.0 Å². The molecule has 5 heteroatoms. The number of primary amides is 1. The lowest BCUT2D eigenvalue weighted by molar-refractivity contribution is -0.114. The fourth-order valence-electron chi connectivity index (χ4n) is 0.612. The molecule has 2 N–H and O–H groups in total. The molecule has 1 amide bonds. The van der Waals surface area contributed by atoms with Crippen LogP contribution in [0.5, 0.6) is 0 Å². The number of carbonyl (C=O) groups is 1. The molecule has 0 spiro atoms. The number of rotatable bonds is 2. The minimum absolute atomic E-state index is 0.144. The predicted octanol–water partition coefficient (Wildman–Crippen LogP) is 1.93. The third-order valence-corrected chi connectivity index (χ3v) is 1.41. The smallest absolute Gasteiger partial charge is 0.366 e. The van der Waals surface area contributed by atoms with E-state index in [1.807, 2.05) is 0 Å². The van der Waals surface area contributed by atoms with Gasteiger partial charge in [0, 0.05) is 11.1 Å². The molecule has 0 saturated carbocycles. The van der Waals surface area contributed by atoms with Crippen molar-refractivity contribution in [3.63, 3.8) is 0 Å². The van der Waals surface area contributed by atoms with E-state index in [2.05, 4.69) is 0 Å². The largest absolute Gasteiger partial charge is 0.412 e. The van der Waals surface area contributed by atoms with Crippen LogP contribution < -0.4 is 5.73 Å². The normalized spacial score (nSPS) is 14.5. The first-order valence-corrected chi connectivity index (χ1v) is 3.50. The van der Waals surface area contributed by atoms with E-state index in [1.54, 1.807) is 0 Å². The molecule has 0 aliphatic carbocycles. The van der Waals surface area contributed by atoms with Gasteiger partial charge in [0.15, 0.2) is 0 Å². The van der Waals surface area contributed by atoms with E-state index in [4.69, 9.17) is 5.73 Å². The summed E-state index contributed by atoms with van der Waals surface area (Å²) >= 11 is 0. The second-order valence-corrected chi connectivity index (χ2v) is 2.43. The van der Waals surface area contributed by atoms with Crippen molar-refractivity contribution in [3.05, 3.63) is 23.3 Å². The number of hydrogen-bond acceptors (Lipinski definition) is 1. The summed E-state index contributed by atoms with van der Waals surface area (Å²) in [5, 5.41) is 0. The van der Waals surface area contributed by atoms with Crippen molar-refractivity contribution in [2.75, 3.05) is 0 Å². The molecule has 0 aromatic heterocycles. The SMILES string of the molecule is C/C=C(\C=C(/C)C(F)(F)F)C(N)=O. The van der Waals surface area contributed by atoms with Crippen LogP contribution in [0, 0.1) is 0 Å². The minimum Gasteiger partial charge on any atom is -0.366 e. The summed E-state index contributed by atoms with van der Waals surface area (Å²) in [6.45, 7) is 2.33. The summed E-state index contributed by atoms with van der Waals surface area (Å²) < 4.78 is 35.9. The summed E-state index contributed by atoms with van der Waals surface area (Å²) in [6.07, 6.45) is -2.45. The second-order valence-electron chi connectivity index (χ2n) is 2.43. The Labute approximate surface area is 73.9 Å². The molecule has 0 heterocycles. The van der Waals surface area contributed by atoms with E-state index in [0.29, 0.717) is 0 Å². The van der Waals surface area contributed by atoms with Gasteiger partial charge in [-0.1, -0.05) is 6.08 Å². The zero-order chi connectivity index (χ0) is 10.6. The lowest BCUT2D eigenvalue weighted by Gasteiger charge is -2.06. The van der Waals surface area contributed by atoms with Crippen LogP contribution in [-0.4, -0.2) is 12.1 Å². The summed E-state index contributed by atoms with van der Waals surface area (Å²) in [4.78, 5) is 10.5. The van der Waals surface area contributed by atoms with Crippen molar-refractivity contribution in [3.8, 4) is 0 Å². The number of halogens is 3. The van der Waals surface area contributed by atoms with Crippen molar-refractivity contribution < 1.29 is 18.0 Å². The molecule has 74 valence electrons. The van der Waals surface area contributed by atoms with Crippen LogP contribution in [0.25, 0.3) is 0 Å². The van der Waals surface area contributed by atoms with Gasteiger partial charge in [0.05, 0.1) is 0 Å². The van der Waals surface area contributed by atoms with Crippen molar-refractivity contribution in [1.29, 1.82) is 0 Å². The van der Waals surface area contributed by atoms with E-state index >= 15 is 0 Å². The highest BCUT2D eigenvalue weighted by Gasteiger charge is 2.30. The molecule has 13 heavy (non-hydrogen) atoms. The molecule has 0 bridgehead atoms. The Hall–Kier alpha value is -1.26. The Bertz CT molecular complexity index is 263. The van der Waals surface area contributed by atoms with E-state index < -0.39 is 17.7 Å². The molecule has 0 aliphatic rings. The molecule has 0 saturated heterocycles. The minimum atomic E-state index is -4.41. The first-order chi connectivity index (χ1) is 5.79. The van der Waals surface area contributed by atoms with Crippen molar-refractivity contribution >= 4 is 5.91 Å². The molecule has 0 rings (SSSR count). The molecular weight excluding hydrogens is 183 g/mol. The maximum atomic E-state index is 12.0. The number of carbonyl (C=O) groups excluding carboxylic acids is 1. The van der Waals surface area contributed by atoms with Gasteiger partial charge in [-0.05, 0) is 19.9 Å². The molecule has 0 atom stereocenters. The van der Waals surface area contributed by atoms with Gasteiger partial charge in [-0.2, -0.15) is 13.2 Å². The van der Waals surface area contributed by atoms with Crippen molar-refractivity contribution in [2.45, 2.75) is 20.0 Å². The molecular formula is C8H10F3NO. The molecule has 0 radical (unpaired) electrons. The fraction of sp³-hybridized carbons (Fsp3) is 0.375. The maximum Gasteiger partial charge on any atom is 0.412 e. The Morgan fingerprint density at radius 1 is 1.38 bits per heavy atom. The highest BCUT2D eigenvalue weighted by atomic mass is 19.4. The summed E-state index contributed by atoms with van der Waals surface area (Å²) in [7, 11) is 0. The van der Waals surface area contributed by atoms with Gasteiger partial charge in [-0.15, -0.1) is 0 Å². The first kappa shape index (κ1) is 11.7. The zero-order valence-electron chi connectivity index (χ0n) is 7.27.